The first-order valence-corrected chi connectivity index (χ1v) is 13.8. The van der Waals surface area contributed by atoms with Crippen LogP contribution in [0.1, 0.15) is 88.4 Å². The van der Waals surface area contributed by atoms with Crippen molar-refractivity contribution in [3.63, 3.8) is 0 Å². The highest BCUT2D eigenvalue weighted by atomic mass is 16.6. The molecule has 2 amide bonds. The predicted octanol–water partition coefficient (Wildman–Crippen LogP) is 6.06. The molecule has 0 spiro atoms. The Kier molecular flexibility index (Phi) is 8.56. The predicted molar refractivity (Wildman–Crippen MR) is 150 cm³/mol. The van der Waals surface area contributed by atoms with Crippen LogP contribution in [0.25, 0.3) is 0 Å². The second-order valence-electron chi connectivity index (χ2n) is 11.5. The number of benzene rings is 2. The van der Waals surface area contributed by atoms with Gasteiger partial charge < -0.3 is 24.8 Å². The van der Waals surface area contributed by atoms with E-state index >= 15 is 0 Å². The van der Waals surface area contributed by atoms with Crippen LogP contribution >= 0.6 is 0 Å². The topological polar surface area (TPSA) is 88.1 Å². The van der Waals surface area contributed by atoms with E-state index in [4.69, 9.17) is 9.47 Å². The van der Waals surface area contributed by atoms with E-state index in [2.05, 4.69) is 17.2 Å². The third-order valence-corrected chi connectivity index (χ3v) is 7.83. The maximum atomic E-state index is 13.3. The van der Waals surface area contributed by atoms with Gasteiger partial charge in [-0.15, -0.1) is 0 Å². The summed E-state index contributed by atoms with van der Waals surface area (Å²) in [6.07, 6.45) is 4.83. The van der Waals surface area contributed by atoms with Gasteiger partial charge in [-0.3, -0.25) is 0 Å². The lowest BCUT2D eigenvalue weighted by Crippen LogP contribution is -2.51. The van der Waals surface area contributed by atoms with Crippen LogP contribution in [0.2, 0.25) is 0 Å². The third kappa shape index (κ3) is 6.93. The Hall–Kier alpha value is -3.50. The van der Waals surface area contributed by atoms with Crippen LogP contribution in [-0.2, 0) is 15.1 Å². The van der Waals surface area contributed by atoms with Crippen molar-refractivity contribution in [3.05, 3.63) is 71.3 Å². The Morgan fingerprint density at radius 2 is 1.77 bits per heavy atom. The van der Waals surface area contributed by atoms with Crippen LogP contribution in [0.3, 0.4) is 0 Å². The standard InChI is InChI=1S/C32H40N2O5/c1-24(34-22-21-32(39-29(34)36,23-30(2,3)37)27-11-7-5-8-12-27)26-15-13-25(14-16-26)17-20-31(33-28(35)38-4)18-9-6-10-19-31/h5,7-8,11-16,24,37H,6,9-10,18-19,21-23H2,1-4H3,(H,33,35)/t24?,32-/m0/s1. The Balaban J connectivity index is 1.48. The van der Waals surface area contributed by atoms with E-state index in [9.17, 15) is 14.7 Å². The number of carbonyl (C=O) groups is 2. The van der Waals surface area contributed by atoms with Crippen molar-refractivity contribution >= 4 is 12.2 Å². The third-order valence-electron chi connectivity index (χ3n) is 7.83. The van der Waals surface area contributed by atoms with Crippen molar-refractivity contribution in [1.29, 1.82) is 0 Å². The Labute approximate surface area is 231 Å². The highest BCUT2D eigenvalue weighted by Gasteiger charge is 2.46. The molecule has 2 aromatic rings. The summed E-state index contributed by atoms with van der Waals surface area (Å²) in [6.45, 7) is 5.98. The molecule has 39 heavy (non-hydrogen) atoms. The molecule has 1 heterocycles. The van der Waals surface area contributed by atoms with E-state index in [-0.39, 0.29) is 12.1 Å². The number of rotatable bonds is 6. The summed E-state index contributed by atoms with van der Waals surface area (Å²) >= 11 is 0. The fourth-order valence-electron chi connectivity index (χ4n) is 5.79. The van der Waals surface area contributed by atoms with Gasteiger partial charge in [-0.05, 0) is 56.9 Å². The first-order valence-electron chi connectivity index (χ1n) is 13.8. The first kappa shape index (κ1) is 28.5. The quantitative estimate of drug-likeness (QED) is 0.442. The lowest BCUT2D eigenvalue weighted by Gasteiger charge is -2.45. The van der Waals surface area contributed by atoms with Gasteiger partial charge in [0.05, 0.1) is 18.8 Å². The van der Waals surface area contributed by atoms with Crippen LogP contribution < -0.4 is 5.32 Å². The van der Waals surface area contributed by atoms with Crippen LogP contribution in [0.5, 0.6) is 0 Å². The molecule has 2 atom stereocenters. The molecule has 2 aliphatic rings. The molecule has 2 N–H and O–H groups in total. The second-order valence-corrected chi connectivity index (χ2v) is 11.5. The monoisotopic (exact) mass is 532 g/mol. The molecule has 1 saturated carbocycles. The molecule has 1 aliphatic heterocycles. The van der Waals surface area contributed by atoms with Crippen LogP contribution in [0.4, 0.5) is 9.59 Å². The van der Waals surface area contributed by atoms with E-state index in [1.807, 2.05) is 61.5 Å². The first-order chi connectivity index (χ1) is 18.5. The van der Waals surface area contributed by atoms with Gasteiger partial charge in [0.2, 0.25) is 0 Å². The van der Waals surface area contributed by atoms with Crippen molar-refractivity contribution in [2.45, 2.75) is 88.5 Å². The number of cyclic esters (lactones) is 1. The number of nitrogens with one attached hydrogen (secondary N) is 1. The van der Waals surface area contributed by atoms with Crippen molar-refractivity contribution in [3.8, 4) is 11.8 Å². The van der Waals surface area contributed by atoms with Gasteiger partial charge in [0.25, 0.3) is 0 Å². The van der Waals surface area contributed by atoms with E-state index < -0.39 is 22.8 Å². The number of carbonyl (C=O) groups excluding carboxylic acids is 2. The number of hydrogen-bond acceptors (Lipinski definition) is 5. The number of alkyl carbamates (subject to hydrolysis) is 1. The minimum atomic E-state index is -0.997. The van der Waals surface area contributed by atoms with Crippen molar-refractivity contribution in [1.82, 2.24) is 10.2 Å². The highest BCUT2D eigenvalue weighted by Crippen LogP contribution is 2.42. The summed E-state index contributed by atoms with van der Waals surface area (Å²) in [5, 5.41) is 13.6. The molecule has 0 bridgehead atoms. The zero-order valence-corrected chi connectivity index (χ0v) is 23.5. The molecule has 208 valence electrons. The van der Waals surface area contributed by atoms with Gasteiger partial charge in [0.15, 0.2) is 0 Å². The fourth-order valence-corrected chi connectivity index (χ4v) is 5.79. The largest absolute Gasteiger partial charge is 0.453 e. The summed E-state index contributed by atoms with van der Waals surface area (Å²) in [6, 6.07) is 17.4. The van der Waals surface area contributed by atoms with Crippen molar-refractivity contribution in [2.24, 2.45) is 0 Å². The minimum absolute atomic E-state index is 0.193. The Morgan fingerprint density at radius 3 is 2.36 bits per heavy atom. The molecule has 0 radical (unpaired) electrons. The van der Waals surface area contributed by atoms with E-state index in [0.29, 0.717) is 19.4 Å². The Morgan fingerprint density at radius 1 is 1.10 bits per heavy atom. The summed E-state index contributed by atoms with van der Waals surface area (Å²) < 4.78 is 11.0. The second kappa shape index (κ2) is 11.7. The molecular formula is C32H40N2O5. The maximum Gasteiger partial charge on any atom is 0.411 e. The molecule has 1 aliphatic carbocycles. The minimum Gasteiger partial charge on any atom is -0.453 e. The zero-order valence-electron chi connectivity index (χ0n) is 23.5. The van der Waals surface area contributed by atoms with Gasteiger partial charge in [0.1, 0.15) is 11.1 Å². The van der Waals surface area contributed by atoms with Gasteiger partial charge in [-0.1, -0.05) is 73.6 Å². The number of hydrogen-bond donors (Lipinski definition) is 2. The fraction of sp³-hybridized carbons (Fsp3) is 0.500. The van der Waals surface area contributed by atoms with Crippen LogP contribution in [0, 0.1) is 11.8 Å². The maximum absolute atomic E-state index is 13.3. The molecule has 2 aromatic carbocycles. The average molecular weight is 533 g/mol. The normalized spacial score (nSPS) is 21.7. The van der Waals surface area contributed by atoms with Gasteiger partial charge in [-0.25, -0.2) is 9.59 Å². The van der Waals surface area contributed by atoms with Gasteiger partial charge >= 0.3 is 12.2 Å². The molecule has 7 heteroatoms. The smallest absolute Gasteiger partial charge is 0.411 e. The highest BCUT2D eigenvalue weighted by molar-refractivity contribution is 5.70. The van der Waals surface area contributed by atoms with Crippen molar-refractivity contribution in [2.75, 3.05) is 13.7 Å². The number of nitrogens with zero attached hydrogens (tertiary/aromatic N) is 1. The van der Waals surface area contributed by atoms with Crippen LogP contribution in [-0.4, -0.2) is 47.0 Å². The molecule has 1 saturated heterocycles. The van der Waals surface area contributed by atoms with E-state index in [1.165, 1.54) is 7.11 Å². The zero-order chi connectivity index (χ0) is 28.1. The molecule has 4 rings (SSSR count). The summed E-state index contributed by atoms with van der Waals surface area (Å²) in [7, 11) is 1.37. The number of ether oxygens (including phenoxy) is 2. The Bertz CT molecular complexity index is 1200. The molecule has 7 nitrogen and oxygen atoms in total. The summed E-state index contributed by atoms with van der Waals surface area (Å²) in [4.78, 5) is 27.0. The molecular weight excluding hydrogens is 492 g/mol. The van der Waals surface area contributed by atoms with E-state index in [1.54, 1.807) is 18.7 Å². The average Bonchev–Trinajstić information content (AvgIpc) is 2.92. The number of aliphatic hydroxyl groups is 1. The number of methoxy groups -OCH3 is 1. The van der Waals surface area contributed by atoms with Gasteiger partial charge in [0, 0.05) is 24.9 Å². The summed E-state index contributed by atoms with van der Waals surface area (Å²) in [5.41, 5.74) is 0.282. The lowest BCUT2D eigenvalue weighted by molar-refractivity contribution is -0.101. The summed E-state index contributed by atoms with van der Waals surface area (Å²) in [5.74, 6) is 6.55. The molecule has 2 fully saturated rings. The van der Waals surface area contributed by atoms with Gasteiger partial charge in [-0.2, -0.15) is 0 Å². The molecule has 1 unspecified atom stereocenters. The number of amides is 2. The van der Waals surface area contributed by atoms with Crippen molar-refractivity contribution < 1.29 is 24.2 Å². The van der Waals surface area contributed by atoms with E-state index in [0.717, 1.165) is 48.8 Å². The SMILES string of the molecule is COC(=O)NC1(C#Cc2ccc(C(C)N3CC[C@](CC(C)(C)O)(c4ccccc4)OC3=O)cc2)CCCCC1. The van der Waals surface area contributed by atoms with Crippen LogP contribution in [0.15, 0.2) is 54.6 Å². The molecule has 0 aromatic heterocycles. The lowest BCUT2D eigenvalue weighted by atomic mass is 9.80.